The maximum Gasteiger partial charge on any atom is 0.192 e. The molecule has 0 amide bonds. The zero-order valence-electron chi connectivity index (χ0n) is 7.99. The Morgan fingerprint density at radius 1 is 1.53 bits per heavy atom. The van der Waals surface area contributed by atoms with E-state index in [4.69, 9.17) is 8.83 Å². The quantitative estimate of drug-likeness (QED) is 0.804. The summed E-state index contributed by atoms with van der Waals surface area (Å²) in [4.78, 5) is 15.6. The summed E-state index contributed by atoms with van der Waals surface area (Å²) < 4.78 is 10.8. The highest BCUT2D eigenvalue weighted by atomic mass is 79.9. The van der Waals surface area contributed by atoms with E-state index in [9.17, 15) is 4.79 Å². The molecule has 0 aliphatic rings. The molecule has 2 rings (SSSR count). The van der Waals surface area contributed by atoms with Gasteiger partial charge in [0.15, 0.2) is 16.3 Å². The third kappa shape index (κ3) is 2.36. The molecule has 4 nitrogen and oxygen atoms in total. The van der Waals surface area contributed by atoms with Crippen molar-refractivity contribution in [3.05, 3.63) is 40.4 Å². The van der Waals surface area contributed by atoms with Crippen LogP contribution in [-0.2, 0) is 6.42 Å². The van der Waals surface area contributed by atoms with E-state index in [0.717, 1.165) is 0 Å². The molecule has 0 aromatic carbocycles. The summed E-state index contributed by atoms with van der Waals surface area (Å²) in [6.45, 7) is 1.69. The molecule has 2 aromatic heterocycles. The normalized spacial score (nSPS) is 10.5. The number of oxazole rings is 1. The molecule has 0 saturated carbocycles. The van der Waals surface area contributed by atoms with Gasteiger partial charge >= 0.3 is 0 Å². The minimum atomic E-state index is -0.117. The van der Waals surface area contributed by atoms with E-state index >= 15 is 0 Å². The van der Waals surface area contributed by atoms with Gasteiger partial charge in [-0.2, -0.15) is 0 Å². The summed E-state index contributed by atoms with van der Waals surface area (Å²) in [7, 11) is 0. The van der Waals surface area contributed by atoms with E-state index in [1.54, 1.807) is 19.1 Å². The lowest BCUT2D eigenvalue weighted by atomic mass is 10.2. The Hall–Kier alpha value is -1.36. The van der Waals surface area contributed by atoms with Crippen LogP contribution < -0.4 is 0 Å². The molecule has 15 heavy (non-hydrogen) atoms. The number of aromatic nitrogens is 1. The molecule has 78 valence electrons. The van der Waals surface area contributed by atoms with Gasteiger partial charge in [0.05, 0.1) is 6.42 Å². The molecule has 0 unspecified atom stereocenters. The van der Waals surface area contributed by atoms with Crippen molar-refractivity contribution >= 4 is 21.7 Å². The standard InChI is InChI=1S/C10H8BrNO3/c1-6-12-8(5-14-6)9(13)4-7-2-3-10(11)15-7/h2-3,5H,4H2,1H3. The van der Waals surface area contributed by atoms with Crippen molar-refractivity contribution in [2.75, 3.05) is 0 Å². The van der Waals surface area contributed by atoms with Gasteiger partial charge in [0.25, 0.3) is 0 Å². The van der Waals surface area contributed by atoms with Gasteiger partial charge in [-0.1, -0.05) is 0 Å². The highest BCUT2D eigenvalue weighted by Gasteiger charge is 2.13. The predicted molar refractivity (Wildman–Crippen MR) is 55.7 cm³/mol. The first-order valence-electron chi connectivity index (χ1n) is 4.34. The Kier molecular flexibility index (Phi) is 2.73. The Morgan fingerprint density at radius 3 is 2.87 bits per heavy atom. The van der Waals surface area contributed by atoms with Crippen LogP contribution in [0, 0.1) is 6.92 Å². The van der Waals surface area contributed by atoms with Gasteiger partial charge in [-0.3, -0.25) is 4.79 Å². The van der Waals surface area contributed by atoms with E-state index in [1.807, 2.05) is 0 Å². The van der Waals surface area contributed by atoms with Gasteiger partial charge in [0.1, 0.15) is 17.7 Å². The average Bonchev–Trinajstić information content (AvgIpc) is 2.75. The molecule has 0 bridgehead atoms. The number of rotatable bonds is 3. The van der Waals surface area contributed by atoms with Crippen LogP contribution in [0.25, 0.3) is 0 Å². The van der Waals surface area contributed by atoms with Crippen LogP contribution in [0.4, 0.5) is 0 Å². The summed E-state index contributed by atoms with van der Waals surface area (Å²) in [5, 5.41) is 0. The number of halogens is 1. The van der Waals surface area contributed by atoms with Gasteiger partial charge in [-0.15, -0.1) is 0 Å². The first kappa shape index (κ1) is 10.2. The van der Waals surface area contributed by atoms with Crippen LogP contribution in [0.15, 0.2) is 31.9 Å². The van der Waals surface area contributed by atoms with E-state index in [0.29, 0.717) is 22.0 Å². The van der Waals surface area contributed by atoms with Crippen molar-refractivity contribution in [2.24, 2.45) is 0 Å². The summed E-state index contributed by atoms with van der Waals surface area (Å²) in [5.41, 5.74) is 0.333. The number of carbonyl (C=O) groups is 1. The molecule has 0 saturated heterocycles. The smallest absolute Gasteiger partial charge is 0.192 e. The van der Waals surface area contributed by atoms with Crippen LogP contribution in [-0.4, -0.2) is 10.8 Å². The molecule has 0 aliphatic carbocycles. The number of hydrogen-bond acceptors (Lipinski definition) is 4. The number of Topliss-reactive ketones (excluding diaryl/α,β-unsaturated/α-hetero) is 1. The molecular weight excluding hydrogens is 262 g/mol. The first-order chi connectivity index (χ1) is 7.15. The van der Waals surface area contributed by atoms with E-state index < -0.39 is 0 Å². The number of furan rings is 1. The van der Waals surface area contributed by atoms with Gasteiger partial charge in [-0.05, 0) is 28.1 Å². The highest BCUT2D eigenvalue weighted by Crippen LogP contribution is 2.15. The molecule has 0 spiro atoms. The minimum Gasteiger partial charge on any atom is -0.454 e. The molecule has 2 heterocycles. The van der Waals surface area contributed by atoms with Crippen molar-refractivity contribution in [2.45, 2.75) is 13.3 Å². The Labute approximate surface area is 94.4 Å². The second-order valence-electron chi connectivity index (χ2n) is 3.06. The summed E-state index contributed by atoms with van der Waals surface area (Å²) in [6.07, 6.45) is 1.55. The maximum atomic E-state index is 11.6. The Balaban J connectivity index is 2.10. The lowest BCUT2D eigenvalue weighted by molar-refractivity contribution is 0.0982. The van der Waals surface area contributed by atoms with E-state index in [1.165, 1.54) is 6.26 Å². The van der Waals surface area contributed by atoms with Crippen molar-refractivity contribution in [1.29, 1.82) is 0 Å². The Morgan fingerprint density at radius 2 is 2.33 bits per heavy atom. The van der Waals surface area contributed by atoms with Crippen molar-refractivity contribution in [1.82, 2.24) is 4.98 Å². The molecule has 0 aliphatic heterocycles. The third-order valence-electron chi connectivity index (χ3n) is 1.87. The number of carbonyl (C=O) groups excluding carboxylic acids is 1. The lowest BCUT2D eigenvalue weighted by Gasteiger charge is -1.92. The SMILES string of the molecule is Cc1nc(C(=O)Cc2ccc(Br)o2)co1. The largest absolute Gasteiger partial charge is 0.454 e. The number of nitrogens with zero attached hydrogens (tertiary/aromatic N) is 1. The lowest BCUT2D eigenvalue weighted by Crippen LogP contribution is -2.03. The fourth-order valence-electron chi connectivity index (χ4n) is 1.19. The van der Waals surface area contributed by atoms with E-state index in [-0.39, 0.29) is 12.2 Å². The number of hydrogen-bond donors (Lipinski definition) is 0. The molecule has 0 N–H and O–H groups in total. The average molecular weight is 270 g/mol. The number of ketones is 1. The highest BCUT2D eigenvalue weighted by molar-refractivity contribution is 9.10. The minimum absolute atomic E-state index is 0.117. The molecule has 0 radical (unpaired) electrons. The van der Waals surface area contributed by atoms with Crippen LogP contribution >= 0.6 is 15.9 Å². The molecule has 0 fully saturated rings. The Bertz CT molecular complexity index is 486. The zero-order chi connectivity index (χ0) is 10.8. The summed E-state index contributed by atoms with van der Waals surface area (Å²) >= 11 is 3.17. The first-order valence-corrected chi connectivity index (χ1v) is 5.14. The van der Waals surface area contributed by atoms with Gasteiger partial charge < -0.3 is 8.83 Å². The van der Waals surface area contributed by atoms with Gasteiger partial charge in [0.2, 0.25) is 0 Å². The zero-order valence-corrected chi connectivity index (χ0v) is 9.58. The van der Waals surface area contributed by atoms with Crippen LogP contribution in [0.1, 0.15) is 22.1 Å². The maximum absolute atomic E-state index is 11.6. The van der Waals surface area contributed by atoms with Gasteiger partial charge in [0, 0.05) is 6.92 Å². The second-order valence-corrected chi connectivity index (χ2v) is 3.84. The molecule has 0 atom stereocenters. The summed E-state index contributed by atoms with van der Waals surface area (Å²) in [5.74, 6) is 0.972. The fourth-order valence-corrected chi connectivity index (χ4v) is 1.53. The predicted octanol–water partition coefficient (Wildman–Crippen LogP) is 2.76. The second kappa shape index (κ2) is 4.02. The third-order valence-corrected chi connectivity index (χ3v) is 2.29. The molecule has 2 aromatic rings. The topological polar surface area (TPSA) is 56.2 Å². The van der Waals surface area contributed by atoms with Crippen LogP contribution in [0.3, 0.4) is 0 Å². The van der Waals surface area contributed by atoms with Gasteiger partial charge in [-0.25, -0.2) is 4.98 Å². The van der Waals surface area contributed by atoms with E-state index in [2.05, 4.69) is 20.9 Å². The molecule has 5 heteroatoms. The van der Waals surface area contributed by atoms with Crippen molar-refractivity contribution in [3.63, 3.8) is 0 Å². The van der Waals surface area contributed by atoms with Crippen LogP contribution in [0.2, 0.25) is 0 Å². The monoisotopic (exact) mass is 269 g/mol. The fraction of sp³-hybridized carbons (Fsp3) is 0.200. The van der Waals surface area contributed by atoms with Crippen molar-refractivity contribution < 1.29 is 13.6 Å². The number of aryl methyl sites for hydroxylation is 1. The molecular formula is C10H8BrNO3. The van der Waals surface area contributed by atoms with Crippen molar-refractivity contribution in [3.8, 4) is 0 Å². The summed E-state index contributed by atoms with van der Waals surface area (Å²) in [6, 6.07) is 3.49. The van der Waals surface area contributed by atoms with Crippen LogP contribution in [0.5, 0.6) is 0 Å².